The maximum Gasteiger partial charge on any atom is 0.416 e. The average molecular weight is 505 g/mol. The number of benzene rings is 1. The van der Waals surface area contributed by atoms with Crippen molar-refractivity contribution in [3.8, 4) is 17.0 Å². The first-order chi connectivity index (χ1) is 16.4. The Kier molecular flexibility index (Phi) is 8.43. The summed E-state index contributed by atoms with van der Waals surface area (Å²) in [5.41, 5.74) is -2.37. The van der Waals surface area contributed by atoms with Crippen molar-refractivity contribution in [2.75, 3.05) is 6.54 Å². The minimum absolute atomic E-state index is 0.107. The normalized spacial score (nSPS) is 15.3. The molecule has 3 rings (SSSR count). The van der Waals surface area contributed by atoms with Crippen molar-refractivity contribution in [1.82, 2.24) is 9.88 Å². The molecule has 1 N–H and O–H groups in total. The van der Waals surface area contributed by atoms with Gasteiger partial charge in [-0.15, -0.1) is 0 Å². The summed E-state index contributed by atoms with van der Waals surface area (Å²) < 4.78 is 87.9. The average Bonchev–Trinajstić information content (AvgIpc) is 3.08. The lowest BCUT2D eigenvalue weighted by atomic mass is 9.89. The second-order valence-corrected chi connectivity index (χ2v) is 9.06. The minimum Gasteiger partial charge on any atom is -0.408 e. The Hall–Kier alpha value is -2.65. The van der Waals surface area contributed by atoms with Crippen LogP contribution in [0.15, 0.2) is 24.3 Å². The molecule has 35 heavy (non-hydrogen) atoms. The fourth-order valence-electron chi connectivity index (χ4n) is 4.43. The Bertz CT molecular complexity index is 988. The smallest absolute Gasteiger partial charge is 0.408 e. The van der Waals surface area contributed by atoms with Gasteiger partial charge in [0.25, 0.3) is 0 Å². The number of ether oxygens (including phenoxy) is 1. The van der Waals surface area contributed by atoms with Gasteiger partial charge in [0.1, 0.15) is 0 Å². The van der Waals surface area contributed by atoms with Crippen LogP contribution in [0.1, 0.15) is 68.7 Å². The van der Waals surface area contributed by atoms with E-state index in [0.717, 1.165) is 44.9 Å². The standard InChI is InChI=1S/C25H30F6N2O2/c1-3-4-10-32-23(34)35-22-14-21(33(16(22)2)15-17-8-6-5-7-9-17)18-11-19(24(26,27)28)13-20(12-18)25(29,30)31/h11-14,17H,3-10,15H2,1-2H3,(H,32,34). The third-order valence-electron chi connectivity index (χ3n) is 6.37. The Labute approximate surface area is 200 Å². The van der Waals surface area contributed by atoms with Gasteiger partial charge in [0.2, 0.25) is 0 Å². The summed E-state index contributed by atoms with van der Waals surface area (Å²) in [6, 6.07) is 2.90. The molecule has 1 heterocycles. The van der Waals surface area contributed by atoms with Crippen molar-refractivity contribution in [2.45, 2.75) is 77.7 Å². The first-order valence-electron chi connectivity index (χ1n) is 11.9. The molecule has 1 amide bonds. The highest BCUT2D eigenvalue weighted by atomic mass is 19.4. The number of halogens is 6. The van der Waals surface area contributed by atoms with Crippen molar-refractivity contribution in [3.05, 3.63) is 41.1 Å². The van der Waals surface area contributed by atoms with E-state index in [-0.39, 0.29) is 29.0 Å². The topological polar surface area (TPSA) is 43.3 Å². The Morgan fingerprint density at radius 2 is 1.60 bits per heavy atom. The van der Waals surface area contributed by atoms with Crippen molar-refractivity contribution >= 4 is 6.09 Å². The lowest BCUT2D eigenvalue weighted by Crippen LogP contribution is -2.27. The Morgan fingerprint density at radius 1 is 1.00 bits per heavy atom. The second kappa shape index (κ2) is 11.0. The number of nitrogens with one attached hydrogen (secondary N) is 1. The number of carbonyl (C=O) groups is 1. The lowest BCUT2D eigenvalue weighted by molar-refractivity contribution is -0.143. The highest BCUT2D eigenvalue weighted by Crippen LogP contribution is 2.41. The Morgan fingerprint density at radius 3 is 2.14 bits per heavy atom. The maximum atomic E-state index is 13.5. The molecule has 0 bridgehead atoms. The molecule has 2 aromatic rings. The van der Waals surface area contributed by atoms with Gasteiger partial charge in [-0.2, -0.15) is 26.3 Å². The molecule has 10 heteroatoms. The molecule has 1 aromatic heterocycles. The zero-order valence-corrected chi connectivity index (χ0v) is 19.8. The molecular weight excluding hydrogens is 474 g/mol. The summed E-state index contributed by atoms with van der Waals surface area (Å²) in [6.07, 6.45) is -4.05. The van der Waals surface area contributed by atoms with Crippen molar-refractivity contribution < 1.29 is 35.9 Å². The number of nitrogens with zero attached hydrogens (tertiary/aromatic N) is 1. The predicted octanol–water partition coefficient (Wildman–Crippen LogP) is 7.97. The number of unbranched alkanes of at least 4 members (excludes halogenated alkanes) is 1. The van der Waals surface area contributed by atoms with E-state index in [0.29, 0.717) is 30.9 Å². The summed E-state index contributed by atoms with van der Waals surface area (Å²) in [5, 5.41) is 2.60. The van der Waals surface area contributed by atoms with E-state index in [9.17, 15) is 31.1 Å². The summed E-state index contributed by atoms with van der Waals surface area (Å²) in [4.78, 5) is 12.2. The first kappa shape index (κ1) is 26.9. The number of hydrogen-bond donors (Lipinski definition) is 1. The molecule has 1 saturated carbocycles. The van der Waals surface area contributed by atoms with Crippen molar-refractivity contribution in [1.29, 1.82) is 0 Å². The molecule has 0 radical (unpaired) electrons. The molecule has 0 atom stereocenters. The first-order valence-corrected chi connectivity index (χ1v) is 11.9. The van der Waals surface area contributed by atoms with Crippen LogP contribution < -0.4 is 10.1 Å². The monoisotopic (exact) mass is 504 g/mol. The predicted molar refractivity (Wildman–Crippen MR) is 120 cm³/mol. The van der Waals surface area contributed by atoms with Crippen LogP contribution in [0.2, 0.25) is 0 Å². The van der Waals surface area contributed by atoms with E-state index >= 15 is 0 Å². The van der Waals surface area contributed by atoms with Gasteiger partial charge in [-0.05, 0) is 55.9 Å². The molecular formula is C25H30F6N2O2. The molecule has 1 aromatic carbocycles. The molecule has 0 aliphatic heterocycles. The van der Waals surface area contributed by atoms with Crippen LogP contribution in [0, 0.1) is 12.8 Å². The van der Waals surface area contributed by atoms with Crippen LogP contribution in [0.4, 0.5) is 31.1 Å². The van der Waals surface area contributed by atoms with Gasteiger partial charge in [-0.1, -0.05) is 32.6 Å². The van der Waals surface area contributed by atoms with Gasteiger partial charge in [0, 0.05) is 19.2 Å². The molecule has 0 saturated heterocycles. The fourth-order valence-corrected chi connectivity index (χ4v) is 4.43. The summed E-state index contributed by atoms with van der Waals surface area (Å²) in [6.45, 7) is 4.42. The van der Waals surface area contributed by atoms with Crippen LogP contribution in [-0.4, -0.2) is 17.2 Å². The van der Waals surface area contributed by atoms with Gasteiger partial charge >= 0.3 is 18.4 Å². The van der Waals surface area contributed by atoms with Gasteiger partial charge in [0.05, 0.1) is 22.5 Å². The third kappa shape index (κ3) is 6.95. The van der Waals surface area contributed by atoms with Crippen LogP contribution in [0.3, 0.4) is 0 Å². The fraction of sp³-hybridized carbons (Fsp3) is 0.560. The van der Waals surface area contributed by atoms with Crippen LogP contribution in [0.25, 0.3) is 11.3 Å². The van der Waals surface area contributed by atoms with E-state index in [1.807, 2.05) is 6.92 Å². The zero-order valence-electron chi connectivity index (χ0n) is 19.8. The van der Waals surface area contributed by atoms with E-state index < -0.39 is 29.6 Å². The number of alkyl halides is 6. The number of amides is 1. The quantitative estimate of drug-likeness (QED) is 0.307. The Balaban J connectivity index is 2.07. The number of rotatable bonds is 7. The van der Waals surface area contributed by atoms with Gasteiger partial charge in [0.15, 0.2) is 5.75 Å². The molecule has 0 spiro atoms. The lowest BCUT2D eigenvalue weighted by Gasteiger charge is -2.24. The van der Waals surface area contributed by atoms with Crippen LogP contribution in [-0.2, 0) is 18.9 Å². The molecule has 194 valence electrons. The van der Waals surface area contributed by atoms with Gasteiger partial charge in [-0.3, -0.25) is 0 Å². The second-order valence-electron chi connectivity index (χ2n) is 9.06. The van der Waals surface area contributed by atoms with E-state index in [4.69, 9.17) is 4.74 Å². The molecule has 4 nitrogen and oxygen atoms in total. The summed E-state index contributed by atoms with van der Waals surface area (Å²) in [5.74, 6) is 0.337. The van der Waals surface area contributed by atoms with Crippen LogP contribution >= 0.6 is 0 Å². The van der Waals surface area contributed by atoms with Crippen LogP contribution in [0.5, 0.6) is 5.75 Å². The third-order valence-corrected chi connectivity index (χ3v) is 6.37. The molecule has 1 aliphatic rings. The largest absolute Gasteiger partial charge is 0.416 e. The molecule has 0 unspecified atom stereocenters. The molecule has 1 fully saturated rings. The van der Waals surface area contributed by atoms with Gasteiger partial charge in [-0.25, -0.2) is 4.79 Å². The van der Waals surface area contributed by atoms with E-state index in [1.54, 1.807) is 11.5 Å². The highest BCUT2D eigenvalue weighted by molar-refractivity contribution is 5.73. The number of aromatic nitrogens is 1. The number of carbonyl (C=O) groups excluding carboxylic acids is 1. The summed E-state index contributed by atoms with van der Waals surface area (Å²) >= 11 is 0. The highest BCUT2D eigenvalue weighted by Gasteiger charge is 2.37. The van der Waals surface area contributed by atoms with Gasteiger partial charge < -0.3 is 14.6 Å². The SMILES string of the molecule is CCCCNC(=O)Oc1cc(-c2cc(C(F)(F)F)cc(C(F)(F)F)c2)n(CC2CCCCC2)c1C. The maximum absolute atomic E-state index is 13.5. The molecule has 1 aliphatic carbocycles. The summed E-state index contributed by atoms with van der Waals surface area (Å²) in [7, 11) is 0. The zero-order chi connectivity index (χ0) is 25.8. The number of hydrogen-bond acceptors (Lipinski definition) is 2. The van der Waals surface area contributed by atoms with Crippen molar-refractivity contribution in [2.24, 2.45) is 5.92 Å². The van der Waals surface area contributed by atoms with E-state index in [2.05, 4.69) is 5.32 Å². The van der Waals surface area contributed by atoms with E-state index in [1.165, 1.54) is 6.07 Å². The van der Waals surface area contributed by atoms with Crippen molar-refractivity contribution in [3.63, 3.8) is 0 Å². The minimum atomic E-state index is -4.95.